The van der Waals surface area contributed by atoms with Gasteiger partial charge in [-0.1, -0.05) is 23.2 Å². The van der Waals surface area contributed by atoms with Crippen LogP contribution in [0.2, 0.25) is 10.0 Å². The highest BCUT2D eigenvalue weighted by atomic mass is 35.5. The summed E-state index contributed by atoms with van der Waals surface area (Å²) in [6.45, 7) is 4.16. The fourth-order valence-corrected chi connectivity index (χ4v) is 2.24. The lowest BCUT2D eigenvalue weighted by molar-refractivity contribution is 0.0195. The number of halogens is 2. The first-order valence-electron chi connectivity index (χ1n) is 6.29. The van der Waals surface area contributed by atoms with Crippen molar-refractivity contribution in [3.05, 3.63) is 27.7 Å². The van der Waals surface area contributed by atoms with Crippen molar-refractivity contribution in [3.8, 4) is 0 Å². The summed E-state index contributed by atoms with van der Waals surface area (Å²) in [5.41, 5.74) is 6.23. The smallest absolute Gasteiger partial charge is 0.338 e. The Kier molecular flexibility index (Phi) is 5.48. The average Bonchev–Trinajstić information content (AvgIpc) is 2.45. The Morgan fingerprint density at radius 3 is 2.70 bits per heavy atom. The molecule has 0 radical (unpaired) electrons. The van der Waals surface area contributed by atoms with Gasteiger partial charge < -0.3 is 15.2 Å². The van der Waals surface area contributed by atoms with Crippen LogP contribution >= 0.6 is 23.2 Å². The Balaban J connectivity index is 1.85. The summed E-state index contributed by atoms with van der Waals surface area (Å²) >= 11 is 11.7. The first-order chi connectivity index (χ1) is 9.58. The number of ether oxygens (including phenoxy) is 2. The maximum absolute atomic E-state index is 11.9. The molecular formula is C13H16Cl2N2O3. The lowest BCUT2D eigenvalue weighted by atomic mass is 10.2. The van der Waals surface area contributed by atoms with Gasteiger partial charge in [-0.05, 0) is 12.1 Å². The van der Waals surface area contributed by atoms with Gasteiger partial charge in [0.05, 0.1) is 34.5 Å². The van der Waals surface area contributed by atoms with Crippen molar-refractivity contribution in [2.45, 2.75) is 0 Å². The molecule has 0 amide bonds. The second kappa shape index (κ2) is 7.13. The van der Waals surface area contributed by atoms with Crippen molar-refractivity contribution >= 4 is 34.9 Å². The van der Waals surface area contributed by atoms with Gasteiger partial charge in [0.15, 0.2) is 0 Å². The van der Waals surface area contributed by atoms with E-state index in [-0.39, 0.29) is 15.7 Å². The minimum absolute atomic E-state index is 0.242. The lowest BCUT2D eigenvalue weighted by Crippen LogP contribution is -2.38. The Morgan fingerprint density at radius 2 is 2.05 bits per heavy atom. The summed E-state index contributed by atoms with van der Waals surface area (Å²) in [5, 5.41) is 0.489. The van der Waals surface area contributed by atoms with E-state index >= 15 is 0 Å². The molecule has 0 aromatic heterocycles. The van der Waals surface area contributed by atoms with E-state index < -0.39 is 5.97 Å². The van der Waals surface area contributed by atoms with Crippen molar-refractivity contribution in [3.63, 3.8) is 0 Å². The molecule has 1 heterocycles. The van der Waals surface area contributed by atoms with E-state index in [4.69, 9.17) is 38.4 Å². The van der Waals surface area contributed by atoms with Crippen molar-refractivity contribution in [2.24, 2.45) is 0 Å². The summed E-state index contributed by atoms with van der Waals surface area (Å²) < 4.78 is 10.4. The molecule has 1 aromatic carbocycles. The van der Waals surface area contributed by atoms with Crippen LogP contribution in [0.25, 0.3) is 0 Å². The molecule has 1 aliphatic rings. The summed E-state index contributed by atoms with van der Waals surface area (Å²) in [6.07, 6.45) is 0. The Hall–Kier alpha value is -1.01. The zero-order chi connectivity index (χ0) is 14.5. The maximum atomic E-state index is 11.9. The third-order valence-electron chi connectivity index (χ3n) is 3.04. The number of carbonyl (C=O) groups is 1. The van der Waals surface area contributed by atoms with Crippen LogP contribution in [0.5, 0.6) is 0 Å². The summed E-state index contributed by atoms with van der Waals surface area (Å²) in [5.74, 6) is -0.455. The molecule has 2 rings (SSSR count). The molecule has 1 aromatic rings. The predicted octanol–water partition coefficient (Wildman–Crippen LogP) is 2.06. The number of rotatable bonds is 4. The average molecular weight is 319 g/mol. The molecule has 0 atom stereocenters. The van der Waals surface area contributed by atoms with E-state index in [2.05, 4.69) is 4.90 Å². The van der Waals surface area contributed by atoms with Crippen molar-refractivity contribution in [1.82, 2.24) is 4.90 Å². The normalized spacial score (nSPS) is 16.1. The zero-order valence-electron chi connectivity index (χ0n) is 10.9. The molecule has 20 heavy (non-hydrogen) atoms. The second-order valence-corrected chi connectivity index (χ2v) is 5.24. The molecular weight excluding hydrogens is 303 g/mol. The van der Waals surface area contributed by atoms with Gasteiger partial charge in [-0.2, -0.15) is 0 Å². The second-order valence-electron chi connectivity index (χ2n) is 4.45. The first-order valence-corrected chi connectivity index (χ1v) is 7.05. The maximum Gasteiger partial charge on any atom is 0.338 e. The van der Waals surface area contributed by atoms with E-state index in [0.29, 0.717) is 18.7 Å². The molecule has 0 saturated carbocycles. The van der Waals surface area contributed by atoms with Gasteiger partial charge in [0.2, 0.25) is 0 Å². The first kappa shape index (κ1) is 15.4. The number of anilines is 1. The topological polar surface area (TPSA) is 64.8 Å². The SMILES string of the molecule is Nc1cc(C(=O)OCCN2CCOCC2)cc(Cl)c1Cl. The number of nitrogen functional groups attached to an aromatic ring is 1. The van der Waals surface area contributed by atoms with E-state index in [1.54, 1.807) is 0 Å². The van der Waals surface area contributed by atoms with Crippen molar-refractivity contribution < 1.29 is 14.3 Å². The lowest BCUT2D eigenvalue weighted by Gasteiger charge is -2.26. The monoisotopic (exact) mass is 318 g/mol. The summed E-state index contributed by atoms with van der Waals surface area (Å²) in [4.78, 5) is 14.1. The van der Waals surface area contributed by atoms with Crippen LogP contribution in [-0.4, -0.2) is 50.3 Å². The van der Waals surface area contributed by atoms with Crippen LogP contribution in [0.4, 0.5) is 5.69 Å². The van der Waals surface area contributed by atoms with E-state index in [1.807, 2.05) is 0 Å². The number of hydrogen-bond acceptors (Lipinski definition) is 5. The molecule has 7 heteroatoms. The van der Waals surface area contributed by atoms with Gasteiger partial charge in [0, 0.05) is 19.6 Å². The van der Waals surface area contributed by atoms with Crippen LogP contribution < -0.4 is 5.73 Å². The Bertz CT molecular complexity index is 467. The fourth-order valence-electron chi connectivity index (χ4n) is 1.90. The van der Waals surface area contributed by atoms with Gasteiger partial charge >= 0.3 is 5.97 Å². The molecule has 2 N–H and O–H groups in total. The van der Waals surface area contributed by atoms with E-state index in [9.17, 15) is 4.79 Å². The highest BCUT2D eigenvalue weighted by Crippen LogP contribution is 2.29. The molecule has 110 valence electrons. The number of esters is 1. The molecule has 0 bridgehead atoms. The molecule has 1 saturated heterocycles. The summed E-state index contributed by atoms with van der Waals surface area (Å²) in [6, 6.07) is 2.92. The highest BCUT2D eigenvalue weighted by Gasteiger charge is 2.14. The van der Waals surface area contributed by atoms with Gasteiger partial charge in [0.25, 0.3) is 0 Å². The van der Waals surface area contributed by atoms with Crippen molar-refractivity contribution in [1.29, 1.82) is 0 Å². The number of morpholine rings is 1. The van der Waals surface area contributed by atoms with Gasteiger partial charge in [-0.25, -0.2) is 4.79 Å². The van der Waals surface area contributed by atoms with Gasteiger partial charge in [-0.15, -0.1) is 0 Å². The van der Waals surface area contributed by atoms with E-state index in [1.165, 1.54) is 12.1 Å². The molecule has 5 nitrogen and oxygen atoms in total. The molecule has 0 unspecified atom stereocenters. The van der Waals surface area contributed by atoms with Crippen molar-refractivity contribution in [2.75, 3.05) is 45.2 Å². The van der Waals surface area contributed by atoms with Crippen LogP contribution in [0.15, 0.2) is 12.1 Å². The fraction of sp³-hybridized carbons (Fsp3) is 0.462. The van der Waals surface area contributed by atoms with Gasteiger partial charge in [-0.3, -0.25) is 4.90 Å². The van der Waals surface area contributed by atoms with Crippen LogP contribution in [0.1, 0.15) is 10.4 Å². The molecule has 1 aliphatic heterocycles. The number of nitrogens with zero attached hydrogens (tertiary/aromatic N) is 1. The minimum Gasteiger partial charge on any atom is -0.461 e. The molecule has 0 aliphatic carbocycles. The highest BCUT2D eigenvalue weighted by molar-refractivity contribution is 6.43. The predicted molar refractivity (Wildman–Crippen MR) is 78.4 cm³/mol. The Morgan fingerprint density at radius 1 is 1.35 bits per heavy atom. The molecule has 1 fully saturated rings. The standard InChI is InChI=1S/C13H16Cl2N2O3/c14-10-7-9(8-11(16)12(10)15)13(18)20-6-3-17-1-4-19-5-2-17/h7-8H,1-6,16H2. The van der Waals surface area contributed by atoms with Crippen LogP contribution in [0, 0.1) is 0 Å². The minimum atomic E-state index is -0.455. The quantitative estimate of drug-likeness (QED) is 0.680. The largest absolute Gasteiger partial charge is 0.461 e. The van der Waals surface area contributed by atoms with Crippen LogP contribution in [0.3, 0.4) is 0 Å². The number of carbonyl (C=O) groups excluding carboxylic acids is 1. The summed E-state index contributed by atoms with van der Waals surface area (Å²) in [7, 11) is 0. The number of benzene rings is 1. The molecule has 0 spiro atoms. The number of nitrogens with two attached hydrogens (primary N) is 1. The number of hydrogen-bond donors (Lipinski definition) is 1. The Labute approximate surface area is 127 Å². The third kappa shape index (κ3) is 3.99. The third-order valence-corrected chi connectivity index (χ3v) is 3.85. The van der Waals surface area contributed by atoms with Crippen LogP contribution in [-0.2, 0) is 9.47 Å². The van der Waals surface area contributed by atoms with E-state index in [0.717, 1.165) is 26.3 Å². The zero-order valence-corrected chi connectivity index (χ0v) is 12.4. The van der Waals surface area contributed by atoms with Gasteiger partial charge in [0.1, 0.15) is 6.61 Å².